The van der Waals surface area contributed by atoms with Gasteiger partial charge in [-0.1, -0.05) is 97.3 Å². The molecule has 0 bridgehead atoms. The summed E-state index contributed by atoms with van der Waals surface area (Å²) in [7, 11) is 0. The summed E-state index contributed by atoms with van der Waals surface area (Å²) in [5, 5.41) is 12.5. The van der Waals surface area contributed by atoms with Gasteiger partial charge in [0, 0.05) is 0 Å². The summed E-state index contributed by atoms with van der Waals surface area (Å²) in [6, 6.07) is -0.342. The number of rotatable bonds is 18. The molecule has 0 aromatic rings. The first-order chi connectivity index (χ1) is 11.2. The molecule has 0 spiro atoms. The Labute approximate surface area is 144 Å². The maximum absolute atomic E-state index is 11.3. The van der Waals surface area contributed by atoms with Crippen molar-refractivity contribution in [3.8, 4) is 0 Å². The Morgan fingerprint density at radius 1 is 0.739 bits per heavy atom. The van der Waals surface area contributed by atoms with Crippen LogP contribution in [0.3, 0.4) is 0 Å². The predicted molar refractivity (Wildman–Crippen MR) is 100 cm³/mol. The molecular weight excluding hydrogens is 286 g/mol. The number of unbranched alkanes of at least 4 members (excludes halogenated alkanes) is 12. The highest BCUT2D eigenvalue weighted by atomic mass is 16.4. The molecule has 0 rings (SSSR count). The number of carbonyl (C=O) groups is 1. The molecule has 3 heteroatoms. The predicted octanol–water partition coefficient (Wildman–Crippen LogP) is 5.92. The normalized spacial score (nSPS) is 12.4. The van der Waals surface area contributed by atoms with E-state index in [-0.39, 0.29) is 6.04 Å². The van der Waals surface area contributed by atoms with Gasteiger partial charge in [-0.25, -0.2) is 0 Å². The number of carboxylic acid groups (broad SMARTS) is 1. The highest BCUT2D eigenvalue weighted by Crippen LogP contribution is 2.10. The van der Waals surface area contributed by atoms with E-state index in [0.29, 0.717) is 0 Å². The lowest BCUT2D eigenvalue weighted by Crippen LogP contribution is -2.37. The molecule has 0 saturated carbocycles. The van der Waals surface area contributed by atoms with E-state index in [2.05, 4.69) is 19.2 Å². The van der Waals surface area contributed by atoms with Gasteiger partial charge in [0.25, 0.3) is 0 Å². The van der Waals surface area contributed by atoms with Crippen LogP contribution in [0.15, 0.2) is 0 Å². The molecule has 0 aliphatic rings. The molecule has 2 N–H and O–H groups in total. The first-order valence-corrected chi connectivity index (χ1v) is 10.2. The molecule has 3 nitrogen and oxygen atoms in total. The lowest BCUT2D eigenvalue weighted by molar-refractivity contribution is -0.139. The van der Waals surface area contributed by atoms with Crippen LogP contribution in [0.4, 0.5) is 0 Å². The second kappa shape index (κ2) is 17.8. The molecule has 0 aliphatic heterocycles. The van der Waals surface area contributed by atoms with E-state index in [4.69, 9.17) is 0 Å². The Morgan fingerprint density at radius 3 is 1.65 bits per heavy atom. The van der Waals surface area contributed by atoms with Gasteiger partial charge in [-0.15, -0.1) is 0 Å². The fourth-order valence-electron chi connectivity index (χ4n) is 2.98. The van der Waals surface area contributed by atoms with Crippen molar-refractivity contribution in [2.45, 2.75) is 116 Å². The van der Waals surface area contributed by atoms with Crippen molar-refractivity contribution in [3.05, 3.63) is 0 Å². The molecule has 0 radical (unpaired) electrons. The van der Waals surface area contributed by atoms with Crippen LogP contribution in [-0.2, 0) is 4.79 Å². The summed E-state index contributed by atoms with van der Waals surface area (Å²) in [6.45, 7) is 5.31. The lowest BCUT2D eigenvalue weighted by Gasteiger charge is -2.14. The number of nitrogens with one attached hydrogen (secondary N) is 1. The van der Waals surface area contributed by atoms with E-state index < -0.39 is 5.97 Å². The summed E-state index contributed by atoms with van der Waals surface area (Å²) in [4.78, 5) is 11.3. The highest BCUT2D eigenvalue weighted by molar-refractivity contribution is 5.73. The molecule has 23 heavy (non-hydrogen) atoms. The van der Waals surface area contributed by atoms with Crippen molar-refractivity contribution in [2.75, 3.05) is 6.54 Å². The van der Waals surface area contributed by atoms with E-state index in [1.165, 1.54) is 77.0 Å². The molecule has 0 aromatic carbocycles. The molecule has 138 valence electrons. The minimum Gasteiger partial charge on any atom is -0.480 e. The largest absolute Gasteiger partial charge is 0.480 e. The van der Waals surface area contributed by atoms with Gasteiger partial charge in [-0.2, -0.15) is 0 Å². The van der Waals surface area contributed by atoms with Crippen molar-refractivity contribution in [3.63, 3.8) is 0 Å². The van der Waals surface area contributed by atoms with E-state index >= 15 is 0 Å². The number of carboxylic acids is 1. The van der Waals surface area contributed by atoms with Crippen LogP contribution in [0, 0.1) is 0 Å². The van der Waals surface area contributed by atoms with Crippen molar-refractivity contribution in [2.24, 2.45) is 0 Å². The minimum atomic E-state index is -0.682. The van der Waals surface area contributed by atoms with Crippen LogP contribution in [0.1, 0.15) is 110 Å². The summed E-state index contributed by atoms with van der Waals surface area (Å²) in [5.74, 6) is -0.682. The van der Waals surface area contributed by atoms with Crippen LogP contribution in [0.25, 0.3) is 0 Å². The van der Waals surface area contributed by atoms with Gasteiger partial charge >= 0.3 is 5.97 Å². The van der Waals surface area contributed by atoms with Gasteiger partial charge in [0.15, 0.2) is 0 Å². The Morgan fingerprint density at radius 2 is 1.17 bits per heavy atom. The van der Waals surface area contributed by atoms with Gasteiger partial charge in [0.1, 0.15) is 6.04 Å². The third kappa shape index (κ3) is 16.1. The quantitative estimate of drug-likeness (QED) is 0.307. The molecule has 1 atom stereocenters. The monoisotopic (exact) mass is 327 g/mol. The van der Waals surface area contributed by atoms with Gasteiger partial charge in [0.05, 0.1) is 0 Å². The van der Waals surface area contributed by atoms with Crippen LogP contribution >= 0.6 is 0 Å². The fraction of sp³-hybridized carbons (Fsp3) is 0.950. The third-order valence-corrected chi connectivity index (χ3v) is 4.57. The summed E-state index contributed by atoms with van der Waals surface area (Å²) < 4.78 is 0. The minimum absolute atomic E-state index is 0.342. The zero-order valence-electron chi connectivity index (χ0n) is 15.7. The first-order valence-electron chi connectivity index (χ1n) is 10.2. The van der Waals surface area contributed by atoms with Crippen molar-refractivity contribution < 1.29 is 9.90 Å². The van der Waals surface area contributed by atoms with Gasteiger partial charge in [-0.05, 0) is 19.4 Å². The average Bonchev–Trinajstić information content (AvgIpc) is 2.54. The first kappa shape index (κ1) is 22.4. The maximum Gasteiger partial charge on any atom is 0.320 e. The zero-order valence-corrected chi connectivity index (χ0v) is 15.7. The van der Waals surface area contributed by atoms with E-state index in [9.17, 15) is 9.90 Å². The van der Waals surface area contributed by atoms with Crippen LogP contribution in [-0.4, -0.2) is 23.7 Å². The van der Waals surface area contributed by atoms with Crippen LogP contribution in [0.5, 0.6) is 0 Å². The van der Waals surface area contributed by atoms with E-state index in [1.807, 2.05) is 0 Å². The second-order valence-electron chi connectivity index (χ2n) is 6.88. The number of aliphatic carboxylic acids is 1. The topological polar surface area (TPSA) is 49.3 Å². The maximum atomic E-state index is 11.3. The molecule has 0 amide bonds. The lowest BCUT2D eigenvalue weighted by atomic mass is 10.1. The number of hydrogen-bond donors (Lipinski definition) is 2. The van der Waals surface area contributed by atoms with Crippen molar-refractivity contribution in [1.82, 2.24) is 5.32 Å². The average molecular weight is 328 g/mol. The zero-order chi connectivity index (χ0) is 17.2. The Balaban J connectivity index is 3.48. The highest BCUT2D eigenvalue weighted by Gasteiger charge is 2.15. The second-order valence-corrected chi connectivity index (χ2v) is 6.88. The van der Waals surface area contributed by atoms with Crippen molar-refractivity contribution in [1.29, 1.82) is 0 Å². The Hall–Kier alpha value is -0.570. The fourth-order valence-corrected chi connectivity index (χ4v) is 2.98. The smallest absolute Gasteiger partial charge is 0.320 e. The van der Waals surface area contributed by atoms with Crippen molar-refractivity contribution >= 4 is 5.97 Å². The number of hydrogen-bond acceptors (Lipinski definition) is 2. The van der Waals surface area contributed by atoms with Crippen LogP contribution < -0.4 is 5.32 Å². The van der Waals surface area contributed by atoms with Gasteiger partial charge in [0.2, 0.25) is 0 Å². The summed E-state index contributed by atoms with van der Waals surface area (Å²) in [5.41, 5.74) is 0. The Kier molecular flexibility index (Phi) is 17.3. The van der Waals surface area contributed by atoms with Crippen LogP contribution in [0.2, 0.25) is 0 Å². The molecule has 0 saturated heterocycles. The van der Waals surface area contributed by atoms with Gasteiger partial charge < -0.3 is 10.4 Å². The SMILES string of the molecule is CCCCCCCCCCNC(CCCCCCCC)C(=O)O. The Bertz CT molecular complexity index is 256. The summed E-state index contributed by atoms with van der Waals surface area (Å²) in [6.07, 6.45) is 18.4. The molecule has 0 aromatic heterocycles. The molecular formula is C20H41NO2. The van der Waals surface area contributed by atoms with Gasteiger partial charge in [-0.3, -0.25) is 4.79 Å². The van der Waals surface area contributed by atoms with E-state index in [1.54, 1.807) is 0 Å². The summed E-state index contributed by atoms with van der Waals surface area (Å²) >= 11 is 0. The molecule has 0 aliphatic carbocycles. The molecule has 1 unspecified atom stereocenters. The third-order valence-electron chi connectivity index (χ3n) is 4.57. The van der Waals surface area contributed by atoms with E-state index in [0.717, 1.165) is 25.8 Å². The molecule has 0 heterocycles. The molecule has 0 fully saturated rings. The standard InChI is InChI=1S/C20H41NO2/c1-3-5-7-9-11-12-14-16-18-21-19(20(22)23)17-15-13-10-8-6-4-2/h19,21H,3-18H2,1-2H3,(H,22,23).